The summed E-state index contributed by atoms with van der Waals surface area (Å²) in [6, 6.07) is 5.43. The van der Waals surface area contributed by atoms with E-state index >= 15 is 0 Å². The van der Waals surface area contributed by atoms with Crippen LogP contribution in [-0.2, 0) is 7.05 Å². The maximum atomic E-state index is 12.9. The third-order valence-electron chi connectivity index (χ3n) is 4.96. The molecule has 0 aliphatic carbocycles. The minimum absolute atomic E-state index is 0.0433. The van der Waals surface area contributed by atoms with Gasteiger partial charge in [0.05, 0.1) is 5.39 Å². The van der Waals surface area contributed by atoms with Crippen molar-refractivity contribution in [2.75, 3.05) is 33.2 Å². The highest BCUT2D eigenvalue weighted by molar-refractivity contribution is 5.98. The molecule has 1 saturated heterocycles. The van der Waals surface area contributed by atoms with E-state index in [1.807, 2.05) is 24.0 Å². The topological polar surface area (TPSA) is 62.9 Å². The predicted molar refractivity (Wildman–Crippen MR) is 96.1 cm³/mol. The number of aromatic nitrogens is 3. The largest absolute Gasteiger partial charge is 0.335 e. The Bertz CT molecular complexity index is 1040. The van der Waals surface area contributed by atoms with Crippen LogP contribution in [0.3, 0.4) is 0 Å². The van der Waals surface area contributed by atoms with Crippen molar-refractivity contribution in [2.24, 2.45) is 7.05 Å². The normalized spacial score (nSPS) is 16.0. The molecular formula is C18H21N5O2. The zero-order valence-electron chi connectivity index (χ0n) is 14.7. The van der Waals surface area contributed by atoms with E-state index < -0.39 is 0 Å². The maximum Gasteiger partial charge on any atom is 0.270 e. The van der Waals surface area contributed by atoms with Crippen molar-refractivity contribution in [3.05, 3.63) is 46.0 Å². The summed E-state index contributed by atoms with van der Waals surface area (Å²) in [5.74, 6) is -0.0433. The van der Waals surface area contributed by atoms with Gasteiger partial charge < -0.3 is 14.4 Å². The van der Waals surface area contributed by atoms with E-state index in [1.54, 1.807) is 28.3 Å². The van der Waals surface area contributed by atoms with Crippen molar-refractivity contribution in [2.45, 2.75) is 6.92 Å². The third kappa shape index (κ3) is 2.51. The van der Waals surface area contributed by atoms with Gasteiger partial charge in [0.25, 0.3) is 11.5 Å². The summed E-state index contributed by atoms with van der Waals surface area (Å²) in [5.41, 5.74) is 2.49. The maximum absolute atomic E-state index is 12.9. The molecule has 7 nitrogen and oxygen atoms in total. The lowest BCUT2D eigenvalue weighted by Gasteiger charge is -2.32. The molecule has 0 unspecified atom stereocenters. The molecule has 1 amide bonds. The number of hydrogen-bond acceptors (Lipinski definition) is 4. The van der Waals surface area contributed by atoms with Gasteiger partial charge in [0.15, 0.2) is 0 Å². The highest BCUT2D eigenvalue weighted by Gasteiger charge is 2.24. The molecule has 130 valence electrons. The molecule has 1 aliphatic heterocycles. The Morgan fingerprint density at radius 3 is 2.56 bits per heavy atom. The van der Waals surface area contributed by atoms with Gasteiger partial charge in [-0.1, -0.05) is 6.07 Å². The minimum atomic E-state index is -0.142. The second-order valence-corrected chi connectivity index (χ2v) is 6.77. The van der Waals surface area contributed by atoms with Crippen molar-refractivity contribution in [3.8, 4) is 0 Å². The highest BCUT2D eigenvalue weighted by Crippen LogP contribution is 2.17. The number of hydrogen-bond donors (Lipinski definition) is 0. The SMILES string of the molecule is Cc1ccc2nc3c(cc(C(=O)N4CCN(C)CC4)n3C)c(=O)n2c1. The minimum Gasteiger partial charge on any atom is -0.335 e. The summed E-state index contributed by atoms with van der Waals surface area (Å²) in [5, 5.41) is 0.475. The molecule has 1 fully saturated rings. The summed E-state index contributed by atoms with van der Waals surface area (Å²) in [6.07, 6.45) is 1.78. The number of likely N-dealkylation sites (N-methyl/N-ethyl adjacent to an activating group) is 1. The van der Waals surface area contributed by atoms with E-state index in [4.69, 9.17) is 0 Å². The van der Waals surface area contributed by atoms with Gasteiger partial charge in [-0.3, -0.25) is 14.0 Å². The molecule has 0 N–H and O–H groups in total. The average molecular weight is 339 g/mol. The van der Waals surface area contributed by atoms with Crippen molar-refractivity contribution in [1.82, 2.24) is 23.8 Å². The number of fused-ring (bicyclic) bond motifs is 2. The molecule has 3 aromatic heterocycles. The van der Waals surface area contributed by atoms with E-state index in [-0.39, 0.29) is 11.5 Å². The van der Waals surface area contributed by atoms with Crippen LogP contribution < -0.4 is 5.56 Å². The molecule has 0 radical (unpaired) electrons. The van der Waals surface area contributed by atoms with Gasteiger partial charge in [0.1, 0.15) is 17.0 Å². The fraction of sp³-hybridized carbons (Fsp3) is 0.389. The second kappa shape index (κ2) is 5.70. The summed E-state index contributed by atoms with van der Waals surface area (Å²) in [4.78, 5) is 34.4. The number of carbonyl (C=O) groups excluding carboxylic acids is 1. The molecule has 3 aromatic rings. The Morgan fingerprint density at radius 2 is 1.84 bits per heavy atom. The summed E-state index contributed by atoms with van der Waals surface area (Å²) in [6.45, 7) is 5.05. The quantitative estimate of drug-likeness (QED) is 0.660. The Balaban J connectivity index is 1.84. The molecule has 0 spiro atoms. The number of piperazine rings is 1. The van der Waals surface area contributed by atoms with Crippen LogP contribution in [0.1, 0.15) is 16.1 Å². The van der Waals surface area contributed by atoms with Gasteiger partial charge in [-0.05, 0) is 31.7 Å². The zero-order valence-corrected chi connectivity index (χ0v) is 14.7. The lowest BCUT2D eigenvalue weighted by molar-refractivity contribution is 0.0655. The third-order valence-corrected chi connectivity index (χ3v) is 4.96. The molecule has 4 heterocycles. The number of pyridine rings is 1. The second-order valence-electron chi connectivity index (χ2n) is 6.77. The highest BCUT2D eigenvalue weighted by atomic mass is 16.2. The van der Waals surface area contributed by atoms with Gasteiger partial charge in [0, 0.05) is 39.4 Å². The average Bonchev–Trinajstić information content (AvgIpc) is 2.93. The molecule has 25 heavy (non-hydrogen) atoms. The van der Waals surface area contributed by atoms with Crippen molar-refractivity contribution in [1.29, 1.82) is 0 Å². The molecule has 7 heteroatoms. The van der Waals surface area contributed by atoms with Crippen molar-refractivity contribution < 1.29 is 4.79 Å². The number of aryl methyl sites for hydroxylation is 2. The van der Waals surface area contributed by atoms with E-state index in [1.165, 1.54) is 0 Å². The first-order chi connectivity index (χ1) is 12.0. The fourth-order valence-electron chi connectivity index (χ4n) is 3.35. The molecular weight excluding hydrogens is 318 g/mol. The zero-order chi connectivity index (χ0) is 17.7. The lowest BCUT2D eigenvalue weighted by atomic mass is 10.2. The fourth-order valence-corrected chi connectivity index (χ4v) is 3.35. The number of rotatable bonds is 1. The van der Waals surface area contributed by atoms with Crippen LogP contribution in [0.4, 0.5) is 0 Å². The van der Waals surface area contributed by atoms with Crippen LogP contribution in [-0.4, -0.2) is 62.9 Å². The van der Waals surface area contributed by atoms with E-state index in [0.717, 1.165) is 18.7 Å². The standard InChI is InChI=1S/C18H21N5O2/c1-12-4-5-15-19-16-13(17(24)23(15)11-12)10-14(21(16)3)18(25)22-8-6-20(2)7-9-22/h4-5,10-11H,6-9H2,1-3H3. The Labute approximate surface area is 145 Å². The van der Waals surface area contributed by atoms with Gasteiger partial charge in [-0.2, -0.15) is 0 Å². The predicted octanol–water partition coefficient (Wildman–Crippen LogP) is 0.882. The number of carbonyl (C=O) groups is 1. The Kier molecular flexibility index (Phi) is 3.61. The van der Waals surface area contributed by atoms with Gasteiger partial charge in [-0.15, -0.1) is 0 Å². The molecule has 1 aliphatic rings. The van der Waals surface area contributed by atoms with Crippen LogP contribution in [0, 0.1) is 6.92 Å². The number of nitrogens with zero attached hydrogens (tertiary/aromatic N) is 5. The van der Waals surface area contributed by atoms with Gasteiger partial charge >= 0.3 is 0 Å². The Morgan fingerprint density at radius 1 is 1.12 bits per heavy atom. The first-order valence-corrected chi connectivity index (χ1v) is 8.42. The van der Waals surface area contributed by atoms with Crippen molar-refractivity contribution in [3.63, 3.8) is 0 Å². The van der Waals surface area contributed by atoms with Crippen LogP contribution in [0.2, 0.25) is 0 Å². The van der Waals surface area contributed by atoms with E-state index in [2.05, 4.69) is 16.9 Å². The monoisotopic (exact) mass is 339 g/mol. The van der Waals surface area contributed by atoms with Crippen LogP contribution in [0.15, 0.2) is 29.2 Å². The first kappa shape index (κ1) is 15.8. The Hall–Kier alpha value is -2.67. The van der Waals surface area contributed by atoms with Crippen LogP contribution in [0.25, 0.3) is 16.7 Å². The number of amides is 1. The smallest absolute Gasteiger partial charge is 0.270 e. The molecule has 4 rings (SSSR count). The van der Waals surface area contributed by atoms with Crippen LogP contribution >= 0.6 is 0 Å². The van der Waals surface area contributed by atoms with Gasteiger partial charge in [0.2, 0.25) is 0 Å². The van der Waals surface area contributed by atoms with Gasteiger partial charge in [-0.25, -0.2) is 4.98 Å². The summed E-state index contributed by atoms with van der Waals surface area (Å²) < 4.78 is 3.28. The molecule has 0 aromatic carbocycles. The molecule has 0 saturated carbocycles. The first-order valence-electron chi connectivity index (χ1n) is 8.42. The summed E-state index contributed by atoms with van der Waals surface area (Å²) in [7, 11) is 3.85. The van der Waals surface area contributed by atoms with E-state index in [0.29, 0.717) is 35.5 Å². The van der Waals surface area contributed by atoms with E-state index in [9.17, 15) is 9.59 Å². The van der Waals surface area contributed by atoms with Crippen LogP contribution in [0.5, 0.6) is 0 Å². The van der Waals surface area contributed by atoms with Crippen molar-refractivity contribution >= 4 is 22.6 Å². The molecule has 0 atom stereocenters. The summed E-state index contributed by atoms with van der Waals surface area (Å²) >= 11 is 0. The molecule has 0 bridgehead atoms. The lowest BCUT2D eigenvalue weighted by Crippen LogP contribution is -2.47.